The van der Waals surface area contributed by atoms with Gasteiger partial charge in [-0.15, -0.1) is 11.8 Å². The van der Waals surface area contributed by atoms with Gasteiger partial charge < -0.3 is 15.3 Å². The number of hydrogen-bond donors (Lipinski definition) is 2. The number of nitrogens with one attached hydrogen (secondary N) is 1. The van der Waals surface area contributed by atoms with E-state index in [0.29, 0.717) is 47.9 Å². The van der Waals surface area contributed by atoms with E-state index in [2.05, 4.69) is 5.32 Å². The molecule has 6 nitrogen and oxygen atoms in total. The van der Waals surface area contributed by atoms with E-state index in [9.17, 15) is 14.4 Å². The highest BCUT2D eigenvalue weighted by Crippen LogP contribution is 2.27. The highest BCUT2D eigenvalue weighted by molar-refractivity contribution is 7.99. The molecule has 8 heteroatoms. The lowest BCUT2D eigenvalue weighted by Gasteiger charge is -2.29. The van der Waals surface area contributed by atoms with Crippen molar-refractivity contribution in [3.8, 4) is 0 Å². The predicted octanol–water partition coefficient (Wildman–Crippen LogP) is 2.61. The van der Waals surface area contributed by atoms with E-state index >= 15 is 0 Å². The Hall–Kier alpha value is -1.73. The standard InChI is InChI=1S/C18H21ClN2O4S/c19-13-5-1-11(2-6-13)17(23)21-10-26-9-15(21)16(22)20-14-7-3-12(4-8-14)18(24)25/h1-2,5-6,12,14-15H,3-4,7-10H2,(H,20,22)(H,24,25). The van der Waals surface area contributed by atoms with E-state index < -0.39 is 12.0 Å². The van der Waals surface area contributed by atoms with Crippen molar-refractivity contribution in [2.75, 3.05) is 11.6 Å². The Kier molecular flexibility index (Phi) is 6.09. The van der Waals surface area contributed by atoms with Crippen molar-refractivity contribution in [2.45, 2.75) is 37.8 Å². The second-order valence-corrected chi connectivity index (χ2v) is 8.13. The summed E-state index contributed by atoms with van der Waals surface area (Å²) in [4.78, 5) is 38.0. The van der Waals surface area contributed by atoms with E-state index in [-0.39, 0.29) is 23.8 Å². The fourth-order valence-corrected chi connectivity index (χ4v) is 4.68. The molecule has 1 aromatic rings. The summed E-state index contributed by atoms with van der Waals surface area (Å²) in [5, 5.41) is 12.6. The number of carbonyl (C=O) groups is 3. The first-order chi connectivity index (χ1) is 12.5. The quantitative estimate of drug-likeness (QED) is 0.816. The number of benzene rings is 1. The van der Waals surface area contributed by atoms with Gasteiger partial charge in [-0.3, -0.25) is 14.4 Å². The minimum atomic E-state index is -0.762. The van der Waals surface area contributed by atoms with Crippen LogP contribution in [0.3, 0.4) is 0 Å². The molecule has 1 aliphatic heterocycles. The van der Waals surface area contributed by atoms with Crippen LogP contribution in [0.4, 0.5) is 0 Å². The number of amides is 2. The predicted molar refractivity (Wildman–Crippen MR) is 100 cm³/mol. The molecule has 1 heterocycles. The van der Waals surface area contributed by atoms with Crippen LogP contribution in [0.5, 0.6) is 0 Å². The van der Waals surface area contributed by atoms with E-state index in [1.54, 1.807) is 40.9 Å². The average Bonchev–Trinajstić information content (AvgIpc) is 3.12. The molecule has 2 fully saturated rings. The molecule has 2 aliphatic rings. The SMILES string of the molecule is O=C(O)C1CCC(NC(=O)C2CSCN2C(=O)c2ccc(Cl)cc2)CC1. The Balaban J connectivity index is 1.59. The van der Waals surface area contributed by atoms with Gasteiger partial charge in [0, 0.05) is 22.4 Å². The molecular formula is C18H21ClN2O4S. The van der Waals surface area contributed by atoms with Crippen molar-refractivity contribution >= 4 is 41.1 Å². The van der Waals surface area contributed by atoms with Crippen LogP contribution in [-0.2, 0) is 9.59 Å². The Morgan fingerprint density at radius 3 is 2.38 bits per heavy atom. The zero-order valence-corrected chi connectivity index (χ0v) is 15.8. The molecule has 0 bridgehead atoms. The summed E-state index contributed by atoms with van der Waals surface area (Å²) in [7, 11) is 0. The second kappa shape index (κ2) is 8.31. The first-order valence-corrected chi connectivity index (χ1v) is 10.2. The Morgan fingerprint density at radius 2 is 1.77 bits per heavy atom. The molecule has 26 heavy (non-hydrogen) atoms. The number of rotatable bonds is 4. The maximum absolute atomic E-state index is 12.7. The number of aliphatic carboxylic acids is 1. The largest absolute Gasteiger partial charge is 0.481 e. The van der Waals surface area contributed by atoms with Crippen molar-refractivity contribution in [2.24, 2.45) is 5.92 Å². The van der Waals surface area contributed by atoms with Crippen molar-refractivity contribution in [1.82, 2.24) is 10.2 Å². The van der Waals surface area contributed by atoms with Crippen LogP contribution in [0.1, 0.15) is 36.0 Å². The minimum absolute atomic E-state index is 0.0174. The fourth-order valence-electron chi connectivity index (χ4n) is 3.40. The van der Waals surface area contributed by atoms with Crippen molar-refractivity contribution < 1.29 is 19.5 Å². The third-order valence-corrected chi connectivity index (χ3v) is 6.22. The smallest absolute Gasteiger partial charge is 0.306 e. The van der Waals surface area contributed by atoms with Gasteiger partial charge in [0.05, 0.1) is 11.8 Å². The molecule has 140 valence electrons. The minimum Gasteiger partial charge on any atom is -0.481 e. The number of carbonyl (C=O) groups excluding carboxylic acids is 2. The highest BCUT2D eigenvalue weighted by Gasteiger charge is 2.36. The molecular weight excluding hydrogens is 376 g/mol. The van der Waals surface area contributed by atoms with Crippen LogP contribution in [0.15, 0.2) is 24.3 Å². The summed E-state index contributed by atoms with van der Waals surface area (Å²) < 4.78 is 0. The zero-order chi connectivity index (χ0) is 18.7. The summed E-state index contributed by atoms with van der Waals surface area (Å²) in [6.07, 6.45) is 2.47. The Morgan fingerprint density at radius 1 is 1.12 bits per heavy atom. The summed E-state index contributed by atoms with van der Waals surface area (Å²) >= 11 is 7.42. The van der Waals surface area contributed by atoms with Gasteiger partial charge >= 0.3 is 5.97 Å². The molecule has 0 radical (unpaired) electrons. The number of nitrogens with zero attached hydrogens (tertiary/aromatic N) is 1. The summed E-state index contributed by atoms with van der Waals surface area (Å²) in [6.45, 7) is 0. The van der Waals surface area contributed by atoms with Gasteiger partial charge in [0.2, 0.25) is 5.91 Å². The van der Waals surface area contributed by atoms with Gasteiger partial charge in [-0.25, -0.2) is 0 Å². The molecule has 1 saturated carbocycles. The number of halogens is 1. The molecule has 3 rings (SSSR count). The second-order valence-electron chi connectivity index (χ2n) is 6.69. The van der Waals surface area contributed by atoms with E-state index in [4.69, 9.17) is 16.7 Å². The molecule has 2 amide bonds. The summed E-state index contributed by atoms with van der Waals surface area (Å²) in [5.74, 6) is -0.367. The average molecular weight is 397 g/mol. The van der Waals surface area contributed by atoms with Gasteiger partial charge in [-0.1, -0.05) is 11.6 Å². The van der Waals surface area contributed by atoms with Crippen LogP contribution in [0.25, 0.3) is 0 Å². The third-order valence-electron chi connectivity index (χ3n) is 4.96. The highest BCUT2D eigenvalue weighted by atomic mass is 35.5. The van der Waals surface area contributed by atoms with E-state index in [1.807, 2.05) is 0 Å². The molecule has 0 spiro atoms. The van der Waals surface area contributed by atoms with Crippen LogP contribution >= 0.6 is 23.4 Å². The zero-order valence-electron chi connectivity index (χ0n) is 14.2. The normalized spacial score (nSPS) is 25.7. The van der Waals surface area contributed by atoms with E-state index in [1.165, 1.54) is 0 Å². The van der Waals surface area contributed by atoms with Crippen molar-refractivity contribution in [1.29, 1.82) is 0 Å². The maximum atomic E-state index is 12.7. The number of carboxylic acid groups (broad SMARTS) is 1. The van der Waals surface area contributed by atoms with Gasteiger partial charge in [0.25, 0.3) is 5.91 Å². The van der Waals surface area contributed by atoms with Gasteiger partial charge in [0.1, 0.15) is 6.04 Å². The molecule has 1 aromatic carbocycles. The molecule has 0 aromatic heterocycles. The molecule has 1 aliphatic carbocycles. The first kappa shape index (κ1) is 19.0. The van der Waals surface area contributed by atoms with E-state index in [0.717, 1.165) is 0 Å². The molecule has 1 saturated heterocycles. The lowest BCUT2D eigenvalue weighted by atomic mass is 9.86. The van der Waals surface area contributed by atoms with Gasteiger partial charge in [-0.2, -0.15) is 0 Å². The van der Waals surface area contributed by atoms with Gasteiger partial charge in [0.15, 0.2) is 0 Å². The fraction of sp³-hybridized carbons (Fsp3) is 0.500. The van der Waals surface area contributed by atoms with Gasteiger partial charge in [-0.05, 0) is 49.9 Å². The third kappa shape index (κ3) is 4.32. The Labute approximate surface area is 161 Å². The topological polar surface area (TPSA) is 86.7 Å². The number of hydrogen-bond acceptors (Lipinski definition) is 4. The Bertz CT molecular complexity index is 689. The summed E-state index contributed by atoms with van der Waals surface area (Å²) in [5.41, 5.74) is 0.511. The molecule has 2 N–H and O–H groups in total. The molecule has 1 atom stereocenters. The lowest BCUT2D eigenvalue weighted by molar-refractivity contribution is -0.142. The van der Waals surface area contributed by atoms with Crippen molar-refractivity contribution in [3.05, 3.63) is 34.9 Å². The number of thioether (sulfide) groups is 1. The van der Waals surface area contributed by atoms with Crippen LogP contribution in [0, 0.1) is 5.92 Å². The van der Waals surface area contributed by atoms with Crippen molar-refractivity contribution in [3.63, 3.8) is 0 Å². The van der Waals surface area contributed by atoms with Crippen LogP contribution in [-0.4, -0.2) is 51.5 Å². The monoisotopic (exact) mass is 396 g/mol. The first-order valence-electron chi connectivity index (χ1n) is 8.63. The van der Waals surface area contributed by atoms with Crippen LogP contribution in [0.2, 0.25) is 5.02 Å². The maximum Gasteiger partial charge on any atom is 0.306 e. The molecule has 1 unspecified atom stereocenters. The lowest BCUT2D eigenvalue weighted by Crippen LogP contribution is -2.50. The number of carboxylic acids is 1. The van der Waals surface area contributed by atoms with Crippen LogP contribution < -0.4 is 5.32 Å². The summed E-state index contributed by atoms with van der Waals surface area (Å²) in [6, 6.07) is 6.13.